The van der Waals surface area contributed by atoms with E-state index in [9.17, 15) is 39.6 Å². The van der Waals surface area contributed by atoms with Crippen LogP contribution in [0.4, 0.5) is 8.78 Å². The lowest BCUT2D eigenvalue weighted by Gasteiger charge is -2.63. The number of halogens is 2. The number of aliphatic carboxylic acids is 2. The summed E-state index contributed by atoms with van der Waals surface area (Å²) < 4.78 is 32.9. The maximum Gasteiger partial charge on any atom is 0.306 e. The van der Waals surface area contributed by atoms with Crippen LogP contribution >= 0.6 is 0 Å². The molecular formula is C26H32F2O9. The van der Waals surface area contributed by atoms with Gasteiger partial charge in [0.1, 0.15) is 12.3 Å². The number of hydrogen-bond donors (Lipinski definition) is 5. The quantitative estimate of drug-likeness (QED) is 0.343. The number of Topliss-reactive ketones (excluding diaryl/α,β-unsaturated/α-hetero) is 1. The number of carboxylic acid groups (broad SMARTS) is 2. The van der Waals surface area contributed by atoms with Crippen LogP contribution in [-0.4, -0.2) is 79.2 Å². The van der Waals surface area contributed by atoms with Crippen LogP contribution in [0.25, 0.3) is 0 Å². The molecule has 5 N–H and O–H groups in total. The highest BCUT2D eigenvalue weighted by Gasteiger charge is 2.79. The topological polar surface area (TPSA) is 169 Å². The number of fused-ring (bicyclic) bond motifs is 5. The Morgan fingerprint density at radius 1 is 1.16 bits per heavy atom. The lowest BCUT2D eigenvalue weighted by atomic mass is 9.42. The van der Waals surface area contributed by atoms with Crippen LogP contribution in [-0.2, 0) is 19.2 Å². The van der Waals surface area contributed by atoms with Crippen molar-refractivity contribution in [1.29, 1.82) is 0 Å². The number of aliphatic hydroxyl groups is 3. The number of carbonyl (C=O) groups excluding carboxylic acids is 2. The minimum absolute atomic E-state index is 0.133. The van der Waals surface area contributed by atoms with E-state index in [4.69, 9.17) is 5.11 Å². The number of rotatable bonds is 6. The fourth-order valence-corrected chi connectivity index (χ4v) is 8.47. The molecule has 0 radical (unpaired) electrons. The third-order valence-electron chi connectivity index (χ3n) is 10.1. The maximum atomic E-state index is 17.3. The molecule has 9 nitrogen and oxygen atoms in total. The molecule has 204 valence electrons. The van der Waals surface area contributed by atoms with Gasteiger partial charge in [0.2, 0.25) is 0 Å². The second-order valence-electron chi connectivity index (χ2n) is 11.6. The van der Waals surface area contributed by atoms with Crippen LogP contribution in [0.2, 0.25) is 0 Å². The summed E-state index contributed by atoms with van der Waals surface area (Å²) in [5.74, 6) is -8.45. The zero-order chi connectivity index (χ0) is 27.9. The number of alkyl halides is 2. The van der Waals surface area contributed by atoms with Crippen molar-refractivity contribution < 1.29 is 53.5 Å². The fourth-order valence-electron chi connectivity index (χ4n) is 8.47. The van der Waals surface area contributed by atoms with Crippen molar-refractivity contribution in [1.82, 2.24) is 0 Å². The Hall–Kier alpha value is -2.50. The minimum Gasteiger partial charge on any atom is -0.481 e. The van der Waals surface area contributed by atoms with Gasteiger partial charge in [0, 0.05) is 11.3 Å². The van der Waals surface area contributed by atoms with Crippen molar-refractivity contribution in [2.75, 3.05) is 0 Å². The van der Waals surface area contributed by atoms with Gasteiger partial charge in [0.15, 0.2) is 17.2 Å². The number of allylic oxidation sites excluding steroid dienone is 4. The van der Waals surface area contributed by atoms with E-state index in [1.54, 1.807) is 0 Å². The molecule has 4 rings (SSSR count). The number of hydrogen-bond acceptors (Lipinski definition) is 7. The van der Waals surface area contributed by atoms with Gasteiger partial charge in [0.05, 0.1) is 30.5 Å². The van der Waals surface area contributed by atoms with E-state index >= 15 is 8.78 Å². The number of carboxylic acids is 2. The van der Waals surface area contributed by atoms with E-state index < -0.39 is 113 Å². The zero-order valence-corrected chi connectivity index (χ0v) is 20.7. The smallest absolute Gasteiger partial charge is 0.306 e. The van der Waals surface area contributed by atoms with E-state index in [0.717, 1.165) is 12.2 Å². The molecule has 0 saturated heterocycles. The van der Waals surface area contributed by atoms with Gasteiger partial charge < -0.3 is 25.5 Å². The average Bonchev–Trinajstić information content (AvgIpc) is 2.94. The first-order valence-corrected chi connectivity index (χ1v) is 12.3. The van der Waals surface area contributed by atoms with Crippen LogP contribution in [0.5, 0.6) is 0 Å². The van der Waals surface area contributed by atoms with Gasteiger partial charge in [-0.1, -0.05) is 19.9 Å². The Morgan fingerprint density at radius 3 is 2.35 bits per heavy atom. The summed E-state index contributed by atoms with van der Waals surface area (Å²) in [6.45, 7) is 4.16. The number of ketones is 2. The van der Waals surface area contributed by atoms with E-state index in [-0.39, 0.29) is 5.57 Å². The molecule has 3 fully saturated rings. The highest BCUT2D eigenvalue weighted by molar-refractivity contribution is 6.01. The van der Waals surface area contributed by atoms with Crippen LogP contribution in [0.1, 0.15) is 46.5 Å². The Labute approximate surface area is 211 Å². The van der Waals surface area contributed by atoms with Crippen molar-refractivity contribution in [3.63, 3.8) is 0 Å². The summed E-state index contributed by atoms with van der Waals surface area (Å²) in [6, 6.07) is 0. The monoisotopic (exact) mass is 526 g/mol. The Kier molecular flexibility index (Phi) is 6.33. The Balaban J connectivity index is 1.92. The molecule has 0 aliphatic heterocycles. The van der Waals surface area contributed by atoms with Crippen molar-refractivity contribution in [3.8, 4) is 0 Å². The fraction of sp³-hybridized carbons (Fsp3) is 0.692. The second-order valence-corrected chi connectivity index (χ2v) is 11.6. The number of carbonyl (C=O) groups is 4. The van der Waals surface area contributed by atoms with Crippen molar-refractivity contribution >= 4 is 23.5 Å². The van der Waals surface area contributed by atoms with E-state index in [0.29, 0.717) is 0 Å². The average molecular weight is 527 g/mol. The first-order chi connectivity index (χ1) is 17.0. The molecule has 0 bridgehead atoms. The van der Waals surface area contributed by atoms with Crippen molar-refractivity contribution in [3.05, 3.63) is 23.8 Å². The van der Waals surface area contributed by atoms with Gasteiger partial charge in [0.25, 0.3) is 0 Å². The Morgan fingerprint density at radius 2 is 1.78 bits per heavy atom. The van der Waals surface area contributed by atoms with Gasteiger partial charge in [-0.2, -0.15) is 0 Å². The van der Waals surface area contributed by atoms with Gasteiger partial charge in [-0.05, 0) is 54.7 Å². The highest BCUT2D eigenvalue weighted by Crippen LogP contribution is 2.74. The number of aliphatic hydroxyl groups excluding tert-OH is 3. The lowest BCUT2D eigenvalue weighted by Crippen LogP contribution is -2.70. The van der Waals surface area contributed by atoms with Crippen LogP contribution in [0.3, 0.4) is 0 Å². The summed E-state index contributed by atoms with van der Waals surface area (Å²) in [5.41, 5.74) is -8.19. The summed E-state index contributed by atoms with van der Waals surface area (Å²) in [5, 5.41) is 52.3. The molecule has 4 aliphatic rings. The normalized spacial score (nSPS) is 47.4. The summed E-state index contributed by atoms with van der Waals surface area (Å²) >= 11 is 0. The molecule has 4 unspecified atom stereocenters. The Bertz CT molecular complexity index is 1120. The molecule has 4 aliphatic carbocycles. The third kappa shape index (κ3) is 3.36. The molecule has 0 heterocycles. The van der Waals surface area contributed by atoms with E-state index in [1.807, 2.05) is 0 Å². The molecule has 37 heavy (non-hydrogen) atoms. The van der Waals surface area contributed by atoms with E-state index in [1.165, 1.54) is 26.8 Å². The van der Waals surface area contributed by atoms with Crippen molar-refractivity contribution in [2.45, 2.75) is 76.6 Å². The minimum atomic E-state index is -2.58. The molecule has 0 aromatic rings. The molecule has 0 amide bonds. The third-order valence-corrected chi connectivity index (χ3v) is 10.1. The van der Waals surface area contributed by atoms with Gasteiger partial charge in [-0.3, -0.25) is 19.2 Å². The summed E-state index contributed by atoms with van der Waals surface area (Å²) in [6.07, 6.45) is -6.99. The summed E-state index contributed by atoms with van der Waals surface area (Å²) in [4.78, 5) is 48.9. The van der Waals surface area contributed by atoms with Gasteiger partial charge >= 0.3 is 11.9 Å². The van der Waals surface area contributed by atoms with Crippen LogP contribution < -0.4 is 0 Å². The first kappa shape index (κ1) is 27.5. The van der Waals surface area contributed by atoms with Crippen LogP contribution in [0, 0.1) is 34.0 Å². The highest BCUT2D eigenvalue weighted by atomic mass is 19.1. The molecule has 3 saturated carbocycles. The first-order valence-electron chi connectivity index (χ1n) is 12.3. The molecule has 11 atom stereocenters. The predicted octanol–water partition coefficient (Wildman–Crippen LogP) is 1.39. The standard InChI is InChI=1S/C26H32F2O9/c1-11-21(36)20-14-7-15(27)13-6-12(29)4-5-23(13,2)26(14,28)17(31)9-24(20,3)25(11,10-19(34)35)22(37)16(30)8-18(32)33/h4-6,11,14-17,20-21,30-31,36H,7-10H2,1-3H3,(H,32,33)(H,34,35)/t11-,14+,15-,16?,17+,20-,21?,23+,24+,25?,26?/m1/s1. The zero-order valence-electron chi connectivity index (χ0n) is 20.7. The molecule has 0 aromatic carbocycles. The van der Waals surface area contributed by atoms with Gasteiger partial charge in [-0.25, -0.2) is 8.78 Å². The SMILES string of the molecule is C[C@@H]1C(O)[C@H]2[C@@H]3C[C@@H](F)C4=CC(=O)C=C[C@]4(C)C3(F)[C@@H](O)C[C@]2(C)C1(CC(=O)O)C(=O)C(O)CC(=O)O. The van der Waals surface area contributed by atoms with E-state index in [2.05, 4.69) is 0 Å². The lowest BCUT2D eigenvalue weighted by molar-refractivity contribution is -0.221. The largest absolute Gasteiger partial charge is 0.481 e. The molecule has 0 aromatic heterocycles. The van der Waals surface area contributed by atoms with Crippen LogP contribution in [0.15, 0.2) is 23.8 Å². The summed E-state index contributed by atoms with van der Waals surface area (Å²) in [7, 11) is 0. The molecule has 0 spiro atoms. The molecule has 11 heteroatoms. The molecular weight excluding hydrogens is 494 g/mol. The second kappa shape index (κ2) is 8.51. The van der Waals surface area contributed by atoms with Crippen molar-refractivity contribution in [2.24, 2.45) is 34.0 Å². The van der Waals surface area contributed by atoms with Gasteiger partial charge in [-0.15, -0.1) is 0 Å². The maximum absolute atomic E-state index is 17.3. The predicted molar refractivity (Wildman–Crippen MR) is 123 cm³/mol.